The topological polar surface area (TPSA) is 150 Å². The predicted octanol–water partition coefficient (Wildman–Crippen LogP) is 14.1. The van der Waals surface area contributed by atoms with Crippen molar-refractivity contribution < 1.29 is 14.3 Å². The number of aliphatic imine (C=N–C) groups is 2. The number of hydrazine groups is 1. The van der Waals surface area contributed by atoms with E-state index in [1.165, 1.54) is 37.8 Å². The quantitative estimate of drug-likeness (QED) is 0.176. The third-order valence-electron chi connectivity index (χ3n) is 4.11. The van der Waals surface area contributed by atoms with Crippen LogP contribution in [-0.4, -0.2) is 96.1 Å². The van der Waals surface area contributed by atoms with Gasteiger partial charge in [-0.25, -0.2) is 9.82 Å². The molecule has 0 aliphatic carbocycles. The van der Waals surface area contributed by atoms with Crippen LogP contribution in [0.3, 0.4) is 0 Å². The molecule has 6 heterocycles. The van der Waals surface area contributed by atoms with Crippen molar-refractivity contribution in [2.75, 3.05) is 58.3 Å². The molecule has 0 unspecified atom stereocenters. The van der Waals surface area contributed by atoms with Gasteiger partial charge in [0.1, 0.15) is 13.2 Å². The number of hydrogen-bond donors (Lipinski definition) is 4. The summed E-state index contributed by atoms with van der Waals surface area (Å²) in [6.07, 6.45) is 18.4. The Kier molecular flexibility index (Phi) is 229. The molecule has 13 nitrogen and oxygen atoms in total. The molecule has 0 spiro atoms. The van der Waals surface area contributed by atoms with Gasteiger partial charge in [0.05, 0.1) is 26.0 Å². The number of ether oxygens (including phenoxy) is 2. The van der Waals surface area contributed by atoms with Gasteiger partial charge in [0.15, 0.2) is 12.8 Å². The summed E-state index contributed by atoms with van der Waals surface area (Å²) in [5.74, 6) is 1.22. The maximum absolute atomic E-state index is 4.78. The number of nitrogens with zero attached hydrogens (tertiary/aromatic N) is 6. The number of hydrogen-bond acceptors (Lipinski definition) is 14. The van der Waals surface area contributed by atoms with E-state index in [1.54, 1.807) is 24.5 Å². The predicted molar refractivity (Wildman–Crippen MR) is 287 cm³/mol. The molecule has 6 aliphatic heterocycles. The maximum Gasteiger partial charge on any atom is 0.192 e. The Morgan fingerprint density at radius 3 is 1.08 bits per heavy atom. The number of hydrazone groups is 2. The van der Waals surface area contributed by atoms with Gasteiger partial charge in [0.2, 0.25) is 0 Å². The normalized spacial score (nSPS) is 13.2. The molecule has 372 valence electrons. The Bertz CT molecular complexity index is 472. The van der Waals surface area contributed by atoms with Crippen LogP contribution in [0.25, 0.3) is 0 Å². The zero-order valence-electron chi connectivity index (χ0n) is 45.1. The monoisotopic (exact) mass is 887 g/mol. The second-order valence-electron chi connectivity index (χ2n) is 7.24. The first-order valence-corrected chi connectivity index (χ1v) is 25.4. The summed E-state index contributed by atoms with van der Waals surface area (Å²) in [6.45, 7) is 55.1. The van der Waals surface area contributed by atoms with Gasteiger partial charge in [-0.15, -0.1) is 5.10 Å². The fraction of sp³-hybridized carbons (Fsp3) is 0.870. The summed E-state index contributed by atoms with van der Waals surface area (Å²) in [5, 5.41) is 10.9. The molecule has 0 bridgehead atoms. The Hall–Kier alpha value is -2.87. The van der Waals surface area contributed by atoms with Crippen LogP contribution in [0.1, 0.15) is 211 Å². The summed E-state index contributed by atoms with van der Waals surface area (Å²) in [7, 11) is 0. The smallest absolute Gasteiger partial charge is 0.192 e. The Labute approximate surface area is 383 Å². The van der Waals surface area contributed by atoms with Crippen LogP contribution in [0, 0.1) is 0 Å². The molecule has 4 N–H and O–H groups in total. The van der Waals surface area contributed by atoms with Crippen LogP contribution in [0.15, 0.2) is 29.7 Å². The minimum atomic E-state index is 0.740. The Morgan fingerprint density at radius 2 is 0.983 bits per heavy atom. The van der Waals surface area contributed by atoms with E-state index >= 15 is 0 Å². The molecule has 14 heteroatoms. The fourth-order valence-electron chi connectivity index (χ4n) is 2.30. The molecule has 0 atom stereocenters. The SMILES string of the molecule is C1=NCCCO1.C1=NCCNN1.C1=NNCCC1.C1=NNCCO1.C1=NOCCC1.C1=NSCCC1.CC.CC.CC.CC.CC.CC.CC.CC.CC.CC.CC.CC. The van der Waals surface area contributed by atoms with Gasteiger partial charge in [-0.05, 0) is 50.5 Å². The molecule has 6 rings (SSSR count). The highest BCUT2D eigenvalue weighted by molar-refractivity contribution is 7.98. The van der Waals surface area contributed by atoms with Gasteiger partial charge in [0, 0.05) is 50.5 Å². The molecule has 0 aromatic heterocycles. The van der Waals surface area contributed by atoms with Crippen LogP contribution < -0.4 is 21.7 Å². The summed E-state index contributed by atoms with van der Waals surface area (Å²) in [5.41, 5.74) is 11.2. The van der Waals surface area contributed by atoms with Crippen LogP contribution in [0.2, 0.25) is 0 Å². The Balaban J connectivity index is -0.0000000419. The first-order chi connectivity index (χ1) is 30.0. The molecule has 0 radical (unpaired) electrons. The fourth-order valence-corrected chi connectivity index (χ4v) is 2.91. The van der Waals surface area contributed by atoms with Crippen LogP contribution >= 0.6 is 11.9 Å². The largest absolute Gasteiger partial charge is 0.483 e. The zero-order chi connectivity index (χ0) is 49.5. The van der Waals surface area contributed by atoms with E-state index in [-0.39, 0.29) is 0 Å². The first-order valence-electron chi connectivity index (χ1n) is 24.4. The Morgan fingerprint density at radius 1 is 0.450 bits per heavy atom. The standard InChI is InChI=1S/C4H8N2.2C4H7NO.C4H7NS.C3H7N3.C3H6N2O.12C2H6/c1-2-4-6-5-3-1;1-2-5-4-6-3-1;2*1-2-4-6-5-3-1;1-2-5-6-3-4-1;1-2-6-3-5-4-1;12*1-2/h3,6H,1-2,4H2;4H,1-3H2;2*3H,1-2,4H2;3,5H,1-2H2,(H,4,6);3-4H,1-2H2;12*1-2H3. The number of nitrogens with one attached hydrogen (secondary N) is 4. The maximum atomic E-state index is 4.78. The molecule has 0 aromatic rings. The second kappa shape index (κ2) is 155. The van der Waals surface area contributed by atoms with Crippen molar-refractivity contribution in [1.82, 2.24) is 21.7 Å². The highest BCUT2D eigenvalue weighted by atomic mass is 32.2. The van der Waals surface area contributed by atoms with E-state index in [0.717, 1.165) is 78.2 Å². The molecule has 0 aromatic carbocycles. The van der Waals surface area contributed by atoms with Gasteiger partial charge < -0.3 is 30.6 Å². The molecular formula is C46H114N10O3S. The lowest BCUT2D eigenvalue weighted by Crippen LogP contribution is -2.36. The van der Waals surface area contributed by atoms with Crippen LogP contribution in [-0.2, 0) is 14.3 Å². The van der Waals surface area contributed by atoms with Crippen molar-refractivity contribution in [3.8, 4) is 0 Å². The molecule has 0 fully saturated rings. The number of oxime groups is 1. The van der Waals surface area contributed by atoms with Gasteiger partial charge >= 0.3 is 0 Å². The third-order valence-corrected chi connectivity index (χ3v) is 4.88. The summed E-state index contributed by atoms with van der Waals surface area (Å²) < 4.78 is 13.5. The second-order valence-corrected chi connectivity index (χ2v) is 8.12. The van der Waals surface area contributed by atoms with E-state index < -0.39 is 0 Å². The van der Waals surface area contributed by atoms with Crippen molar-refractivity contribution in [3.63, 3.8) is 0 Å². The van der Waals surface area contributed by atoms with Gasteiger partial charge in [0.25, 0.3) is 0 Å². The van der Waals surface area contributed by atoms with E-state index in [2.05, 4.69) is 56.3 Å². The lowest BCUT2D eigenvalue weighted by molar-refractivity contribution is 0.134. The van der Waals surface area contributed by atoms with E-state index in [4.69, 9.17) is 9.47 Å². The number of rotatable bonds is 0. The summed E-state index contributed by atoms with van der Waals surface area (Å²) >= 11 is 1.66. The highest BCUT2D eigenvalue weighted by Crippen LogP contribution is 2.09. The average molecular weight is 888 g/mol. The average Bonchev–Trinajstić information content (AvgIpc) is 3.45. The van der Waals surface area contributed by atoms with Crippen molar-refractivity contribution in [2.45, 2.75) is 211 Å². The van der Waals surface area contributed by atoms with E-state index in [9.17, 15) is 0 Å². The van der Waals surface area contributed by atoms with Crippen molar-refractivity contribution in [3.05, 3.63) is 0 Å². The summed E-state index contributed by atoms with van der Waals surface area (Å²) in [6, 6.07) is 0. The van der Waals surface area contributed by atoms with Crippen molar-refractivity contribution >= 4 is 49.7 Å². The van der Waals surface area contributed by atoms with Crippen LogP contribution in [0.5, 0.6) is 0 Å². The van der Waals surface area contributed by atoms with Gasteiger partial charge in [-0.3, -0.25) is 9.98 Å². The van der Waals surface area contributed by atoms with E-state index in [0.29, 0.717) is 0 Å². The van der Waals surface area contributed by atoms with Gasteiger partial charge in [-0.2, -0.15) is 5.10 Å². The highest BCUT2D eigenvalue weighted by Gasteiger charge is 1.90. The molecule has 0 saturated carbocycles. The lowest BCUT2D eigenvalue weighted by Gasteiger charge is -2.04. The minimum Gasteiger partial charge on any atom is -0.483 e. The van der Waals surface area contributed by atoms with E-state index in [1.807, 2.05) is 179 Å². The first kappa shape index (κ1) is 88.4. The molecule has 0 amide bonds. The minimum absolute atomic E-state index is 0.740. The van der Waals surface area contributed by atoms with Crippen molar-refractivity contribution in [2.24, 2.45) is 29.7 Å². The molecule has 6 aliphatic rings. The summed E-state index contributed by atoms with van der Waals surface area (Å²) in [4.78, 5) is 12.3. The van der Waals surface area contributed by atoms with Gasteiger partial charge in [-0.1, -0.05) is 171 Å². The van der Waals surface area contributed by atoms with Crippen molar-refractivity contribution in [1.29, 1.82) is 0 Å². The zero-order valence-corrected chi connectivity index (χ0v) is 45.9. The molecule has 0 saturated heterocycles. The third kappa shape index (κ3) is 147. The molecular weight excluding hydrogens is 773 g/mol. The van der Waals surface area contributed by atoms with Crippen LogP contribution in [0.4, 0.5) is 0 Å². The molecule has 60 heavy (non-hydrogen) atoms. The lowest BCUT2D eigenvalue weighted by atomic mass is 10.3.